The van der Waals surface area contributed by atoms with Gasteiger partial charge in [0.2, 0.25) is 5.91 Å². The SMILES string of the molecule is CC(C(CCc1ccccc1)c1ccc(Oc2ccccc2)cc1)N(CC(=O)O)C(=O)C1CCC(C(=O)O)(C(=O)O)CC1. The minimum absolute atomic E-state index is 0.0560. The Bertz CT molecular complexity index is 1380. The van der Waals surface area contributed by atoms with Crippen LogP contribution >= 0.6 is 0 Å². The minimum Gasteiger partial charge on any atom is -0.480 e. The zero-order chi connectivity index (χ0) is 31.0. The number of benzene rings is 3. The maximum absolute atomic E-state index is 13.8. The quantitative estimate of drug-likeness (QED) is 0.212. The first-order valence-electron chi connectivity index (χ1n) is 14.5. The summed E-state index contributed by atoms with van der Waals surface area (Å²) < 4.78 is 5.95. The molecule has 0 radical (unpaired) electrons. The second kappa shape index (κ2) is 14.0. The molecule has 1 fully saturated rings. The van der Waals surface area contributed by atoms with Crippen LogP contribution in [-0.2, 0) is 25.6 Å². The molecule has 1 saturated carbocycles. The molecule has 2 atom stereocenters. The Balaban J connectivity index is 1.58. The predicted molar refractivity (Wildman–Crippen MR) is 159 cm³/mol. The monoisotopic (exact) mass is 587 g/mol. The molecule has 9 nitrogen and oxygen atoms in total. The van der Waals surface area contributed by atoms with E-state index in [1.54, 1.807) is 0 Å². The van der Waals surface area contributed by atoms with Crippen molar-refractivity contribution in [2.24, 2.45) is 11.3 Å². The molecule has 0 bridgehead atoms. The molecule has 0 aliphatic heterocycles. The van der Waals surface area contributed by atoms with Crippen LogP contribution < -0.4 is 4.74 Å². The molecule has 3 N–H and O–H groups in total. The number of ether oxygens (including phenoxy) is 1. The van der Waals surface area contributed by atoms with Crippen molar-refractivity contribution >= 4 is 23.8 Å². The van der Waals surface area contributed by atoms with Crippen molar-refractivity contribution in [3.8, 4) is 11.5 Å². The smallest absolute Gasteiger partial charge is 0.323 e. The van der Waals surface area contributed by atoms with Crippen LogP contribution in [0.2, 0.25) is 0 Å². The van der Waals surface area contributed by atoms with Gasteiger partial charge in [-0.3, -0.25) is 19.2 Å². The van der Waals surface area contributed by atoms with Crippen LogP contribution in [0, 0.1) is 11.3 Å². The Labute approximate surface area is 250 Å². The fourth-order valence-corrected chi connectivity index (χ4v) is 5.96. The van der Waals surface area contributed by atoms with E-state index in [0.717, 1.165) is 11.1 Å². The highest BCUT2D eigenvalue weighted by molar-refractivity contribution is 5.98. The molecule has 1 amide bonds. The van der Waals surface area contributed by atoms with E-state index in [1.165, 1.54) is 4.90 Å². The Hall–Kier alpha value is -4.66. The summed E-state index contributed by atoms with van der Waals surface area (Å²) in [5.74, 6) is -3.93. The van der Waals surface area contributed by atoms with Gasteiger partial charge in [0, 0.05) is 17.9 Å². The number of aryl methyl sites for hydroxylation is 1. The lowest BCUT2D eigenvalue weighted by atomic mass is 9.70. The molecule has 0 saturated heterocycles. The van der Waals surface area contributed by atoms with Gasteiger partial charge in [-0.1, -0.05) is 60.7 Å². The third-order valence-electron chi connectivity index (χ3n) is 8.54. The third-order valence-corrected chi connectivity index (χ3v) is 8.54. The van der Waals surface area contributed by atoms with Gasteiger partial charge in [-0.2, -0.15) is 0 Å². The Kier molecular flexibility index (Phi) is 10.2. The van der Waals surface area contributed by atoms with Crippen LogP contribution in [0.5, 0.6) is 11.5 Å². The molecule has 1 aliphatic carbocycles. The molecule has 3 aromatic carbocycles. The van der Waals surface area contributed by atoms with Gasteiger partial charge in [-0.05, 0) is 80.8 Å². The zero-order valence-electron chi connectivity index (χ0n) is 24.1. The molecule has 43 heavy (non-hydrogen) atoms. The number of amides is 1. The summed E-state index contributed by atoms with van der Waals surface area (Å²) in [4.78, 5) is 50.7. The molecule has 3 aromatic rings. The topological polar surface area (TPSA) is 141 Å². The number of para-hydroxylation sites is 1. The van der Waals surface area contributed by atoms with Gasteiger partial charge in [0.15, 0.2) is 5.41 Å². The minimum atomic E-state index is -1.93. The van der Waals surface area contributed by atoms with Crippen LogP contribution in [0.3, 0.4) is 0 Å². The Morgan fingerprint density at radius 3 is 1.88 bits per heavy atom. The van der Waals surface area contributed by atoms with Gasteiger partial charge >= 0.3 is 17.9 Å². The van der Waals surface area contributed by atoms with Crippen LogP contribution in [-0.4, -0.2) is 56.6 Å². The van der Waals surface area contributed by atoms with Gasteiger partial charge in [-0.25, -0.2) is 0 Å². The summed E-state index contributed by atoms with van der Waals surface area (Å²) in [6, 6.07) is 26.4. The van der Waals surface area contributed by atoms with Crippen molar-refractivity contribution in [1.82, 2.24) is 4.90 Å². The van der Waals surface area contributed by atoms with Crippen molar-refractivity contribution in [1.29, 1.82) is 0 Å². The first-order valence-corrected chi connectivity index (χ1v) is 14.5. The van der Waals surface area contributed by atoms with Gasteiger partial charge in [0.25, 0.3) is 0 Å². The van der Waals surface area contributed by atoms with E-state index in [-0.39, 0.29) is 31.6 Å². The normalized spacial score (nSPS) is 16.0. The van der Waals surface area contributed by atoms with E-state index >= 15 is 0 Å². The number of carbonyl (C=O) groups is 4. The average molecular weight is 588 g/mol. The van der Waals surface area contributed by atoms with Crippen molar-refractivity contribution in [3.63, 3.8) is 0 Å². The van der Waals surface area contributed by atoms with Crippen LogP contribution in [0.25, 0.3) is 0 Å². The summed E-state index contributed by atoms with van der Waals surface area (Å²) in [6.07, 6.45) is 1.07. The molecular formula is C34H37NO8. The third kappa shape index (κ3) is 7.60. The van der Waals surface area contributed by atoms with Crippen LogP contribution in [0.4, 0.5) is 0 Å². The van der Waals surface area contributed by atoms with Crippen molar-refractivity contribution < 1.29 is 39.2 Å². The molecule has 2 unspecified atom stereocenters. The van der Waals surface area contributed by atoms with E-state index in [2.05, 4.69) is 0 Å². The van der Waals surface area contributed by atoms with Crippen molar-refractivity contribution in [2.75, 3.05) is 6.54 Å². The predicted octanol–water partition coefficient (Wildman–Crippen LogP) is 5.84. The molecule has 4 rings (SSSR count). The standard InChI is InChI=1S/C34H37NO8/c1-23(35(22-30(36)37)31(38)26-18-20-34(21-19-26,32(39)40)33(41)42)29(17-12-24-8-4-2-5-9-24)25-13-15-28(16-14-25)43-27-10-6-3-7-11-27/h2-11,13-16,23,26,29H,12,17-22H2,1H3,(H,36,37)(H,39,40)(H,41,42). The van der Waals surface area contributed by atoms with Gasteiger partial charge < -0.3 is 25.0 Å². The summed E-state index contributed by atoms with van der Waals surface area (Å²) in [5, 5.41) is 29.0. The van der Waals surface area contributed by atoms with E-state index in [1.807, 2.05) is 91.9 Å². The maximum atomic E-state index is 13.8. The molecule has 0 aromatic heterocycles. The van der Waals surface area contributed by atoms with Crippen LogP contribution in [0.15, 0.2) is 84.9 Å². The fraction of sp³-hybridized carbons (Fsp3) is 0.353. The molecular weight excluding hydrogens is 550 g/mol. The Morgan fingerprint density at radius 1 is 0.814 bits per heavy atom. The van der Waals surface area contributed by atoms with Crippen molar-refractivity contribution in [3.05, 3.63) is 96.1 Å². The van der Waals surface area contributed by atoms with Gasteiger partial charge in [0.1, 0.15) is 18.0 Å². The number of aliphatic carboxylic acids is 3. The van der Waals surface area contributed by atoms with E-state index in [4.69, 9.17) is 4.74 Å². The molecule has 226 valence electrons. The number of nitrogens with zero attached hydrogens (tertiary/aromatic N) is 1. The second-order valence-electron chi connectivity index (χ2n) is 11.2. The summed E-state index contributed by atoms with van der Waals surface area (Å²) >= 11 is 0. The molecule has 9 heteroatoms. The number of carboxylic acids is 3. The fourth-order valence-electron chi connectivity index (χ4n) is 5.96. The second-order valence-corrected chi connectivity index (χ2v) is 11.2. The molecule has 1 aliphatic rings. The number of carboxylic acid groups (broad SMARTS) is 3. The number of rotatable bonds is 13. The van der Waals surface area contributed by atoms with Gasteiger partial charge in [0.05, 0.1) is 0 Å². The lowest BCUT2D eigenvalue weighted by Crippen LogP contribution is -2.50. The van der Waals surface area contributed by atoms with E-state index in [9.17, 15) is 34.5 Å². The average Bonchev–Trinajstić information content (AvgIpc) is 3.01. The van der Waals surface area contributed by atoms with Gasteiger partial charge in [-0.15, -0.1) is 0 Å². The highest BCUT2D eigenvalue weighted by Gasteiger charge is 2.50. The number of carbonyl (C=O) groups excluding carboxylic acids is 1. The Morgan fingerprint density at radius 2 is 1.35 bits per heavy atom. The lowest BCUT2D eigenvalue weighted by molar-refractivity contribution is -0.169. The largest absolute Gasteiger partial charge is 0.480 e. The first-order chi connectivity index (χ1) is 20.6. The summed E-state index contributed by atoms with van der Waals surface area (Å²) in [5.41, 5.74) is 0.110. The number of hydrogen-bond acceptors (Lipinski definition) is 5. The maximum Gasteiger partial charge on any atom is 0.323 e. The zero-order valence-corrected chi connectivity index (χ0v) is 24.1. The highest BCUT2D eigenvalue weighted by atomic mass is 16.5. The lowest BCUT2D eigenvalue weighted by Gasteiger charge is -2.39. The highest BCUT2D eigenvalue weighted by Crippen LogP contribution is 2.41. The van der Waals surface area contributed by atoms with E-state index in [0.29, 0.717) is 24.3 Å². The van der Waals surface area contributed by atoms with Crippen LogP contribution in [0.1, 0.15) is 56.1 Å². The first kappa shape index (κ1) is 31.3. The molecule has 0 spiro atoms. The number of hydrogen-bond donors (Lipinski definition) is 3. The summed E-state index contributed by atoms with van der Waals surface area (Å²) in [7, 11) is 0. The molecule has 0 heterocycles. The summed E-state index contributed by atoms with van der Waals surface area (Å²) in [6.45, 7) is 1.32. The van der Waals surface area contributed by atoms with E-state index < -0.39 is 47.7 Å². The van der Waals surface area contributed by atoms with Crippen molar-refractivity contribution in [2.45, 2.75) is 57.4 Å².